The van der Waals surface area contributed by atoms with Crippen molar-refractivity contribution in [2.45, 2.75) is 53.2 Å². The van der Waals surface area contributed by atoms with E-state index in [1.54, 1.807) is 14.2 Å². The molecule has 0 bridgehead atoms. The average Bonchev–Trinajstić information content (AvgIpc) is 3.53. The number of hydrogen-bond donors (Lipinski definition) is 0. The SMILES string of the molecule is CCO[Si](OCC)(OCC)OCC.CO[Si](C)(OC)OCCCCOCC1CO1. The van der Waals surface area contributed by atoms with E-state index in [1.165, 1.54) is 0 Å². The smallest absolute Gasteiger partial charge is 0.379 e. The van der Waals surface area contributed by atoms with E-state index in [0.717, 1.165) is 32.7 Å². The van der Waals surface area contributed by atoms with Gasteiger partial charge in [-0.25, -0.2) is 0 Å². The van der Waals surface area contributed by atoms with Crippen LogP contribution in [0.1, 0.15) is 40.5 Å². The van der Waals surface area contributed by atoms with Crippen molar-refractivity contribution >= 4 is 17.9 Å². The Bertz CT molecular complexity index is 340. The second-order valence-electron chi connectivity index (χ2n) is 6.09. The van der Waals surface area contributed by atoms with Gasteiger partial charge in [0.25, 0.3) is 0 Å². The van der Waals surface area contributed by atoms with Crippen LogP contribution >= 0.6 is 0 Å². The third kappa shape index (κ3) is 14.7. The van der Waals surface area contributed by atoms with E-state index in [0.29, 0.717) is 39.1 Å². The Morgan fingerprint density at radius 3 is 1.59 bits per heavy atom. The minimum absolute atomic E-state index is 0.355. The van der Waals surface area contributed by atoms with E-state index in [2.05, 4.69) is 0 Å². The second kappa shape index (κ2) is 17.7. The molecule has 0 radical (unpaired) electrons. The predicted octanol–water partition coefficient (Wildman–Crippen LogP) is 2.63. The first kappa shape index (κ1) is 29.1. The summed E-state index contributed by atoms with van der Waals surface area (Å²) in [7, 11) is -1.89. The Kier molecular flexibility index (Phi) is 17.8. The van der Waals surface area contributed by atoms with Crippen molar-refractivity contribution in [3.05, 3.63) is 0 Å². The zero-order valence-electron chi connectivity index (χ0n) is 19.3. The zero-order valence-corrected chi connectivity index (χ0v) is 21.3. The maximum atomic E-state index is 5.58. The minimum atomic E-state index is -2.80. The van der Waals surface area contributed by atoms with Gasteiger partial charge in [0.1, 0.15) is 6.10 Å². The quantitative estimate of drug-likeness (QED) is 0.175. The Labute approximate surface area is 179 Å². The maximum absolute atomic E-state index is 5.58. The summed E-state index contributed by atoms with van der Waals surface area (Å²) < 4.78 is 48.1. The first-order chi connectivity index (χ1) is 13.9. The molecule has 1 rings (SSSR count). The van der Waals surface area contributed by atoms with Crippen LogP contribution in [0.4, 0.5) is 0 Å². The molecule has 1 aliphatic rings. The van der Waals surface area contributed by atoms with Gasteiger partial charge >= 0.3 is 17.9 Å². The minimum Gasteiger partial charge on any atom is -0.379 e. The molecule has 0 spiro atoms. The van der Waals surface area contributed by atoms with Crippen molar-refractivity contribution in [3.63, 3.8) is 0 Å². The lowest BCUT2D eigenvalue weighted by Crippen LogP contribution is -2.49. The summed E-state index contributed by atoms with van der Waals surface area (Å²) in [5.74, 6) is 0. The molecule has 0 N–H and O–H groups in total. The Morgan fingerprint density at radius 2 is 1.21 bits per heavy atom. The Hall–Kier alpha value is 0.0738. The van der Waals surface area contributed by atoms with E-state index in [1.807, 2.05) is 34.2 Å². The Balaban J connectivity index is 0.000000555. The molecule has 0 aliphatic carbocycles. The van der Waals surface area contributed by atoms with Gasteiger partial charge in [-0.3, -0.25) is 0 Å². The molecule has 1 unspecified atom stereocenters. The number of rotatable bonds is 18. The zero-order chi connectivity index (χ0) is 22.0. The number of ether oxygens (including phenoxy) is 2. The third-order valence-electron chi connectivity index (χ3n) is 3.78. The molecule has 0 aromatic rings. The van der Waals surface area contributed by atoms with Crippen molar-refractivity contribution in [3.8, 4) is 0 Å². The maximum Gasteiger partial charge on any atom is 0.679 e. The highest BCUT2D eigenvalue weighted by Crippen LogP contribution is 2.11. The lowest BCUT2D eigenvalue weighted by molar-refractivity contribution is -0.0247. The van der Waals surface area contributed by atoms with E-state index in [-0.39, 0.29) is 0 Å². The Morgan fingerprint density at radius 1 is 0.759 bits per heavy atom. The van der Waals surface area contributed by atoms with Crippen LogP contribution in [-0.2, 0) is 40.5 Å². The molecule has 0 saturated carbocycles. The summed E-state index contributed by atoms with van der Waals surface area (Å²) >= 11 is 0. The van der Waals surface area contributed by atoms with Gasteiger partial charge in [-0.2, -0.15) is 0 Å². The molecule has 11 heteroatoms. The predicted molar refractivity (Wildman–Crippen MR) is 114 cm³/mol. The molecular weight excluding hydrogens is 416 g/mol. The van der Waals surface area contributed by atoms with Gasteiger partial charge in [0.2, 0.25) is 0 Å². The lowest BCUT2D eigenvalue weighted by Gasteiger charge is -2.26. The van der Waals surface area contributed by atoms with Gasteiger partial charge < -0.3 is 40.5 Å². The summed E-state index contributed by atoms with van der Waals surface area (Å²) in [4.78, 5) is 0. The molecule has 29 heavy (non-hydrogen) atoms. The van der Waals surface area contributed by atoms with Gasteiger partial charge in [-0.1, -0.05) is 0 Å². The van der Waals surface area contributed by atoms with Crippen LogP contribution in [0.2, 0.25) is 6.55 Å². The van der Waals surface area contributed by atoms with Crippen LogP contribution in [0.15, 0.2) is 0 Å². The summed E-state index contributed by atoms with van der Waals surface area (Å²) in [6.07, 6.45) is 2.31. The molecule has 1 fully saturated rings. The largest absolute Gasteiger partial charge is 0.679 e. The first-order valence-electron chi connectivity index (χ1n) is 10.4. The highest BCUT2D eigenvalue weighted by molar-refractivity contribution is 6.59. The number of unbranched alkanes of at least 4 members (excludes halogenated alkanes) is 1. The van der Waals surface area contributed by atoms with Crippen LogP contribution in [-0.4, -0.2) is 91.0 Å². The molecule has 1 heterocycles. The summed E-state index contributed by atoms with van der Waals surface area (Å²) in [5, 5.41) is 0. The molecule has 0 aromatic heterocycles. The normalized spacial score (nSPS) is 16.4. The average molecular weight is 459 g/mol. The summed E-state index contributed by atoms with van der Waals surface area (Å²) in [6, 6.07) is 0. The van der Waals surface area contributed by atoms with E-state index < -0.39 is 17.9 Å². The number of hydrogen-bond acceptors (Lipinski definition) is 9. The van der Waals surface area contributed by atoms with E-state index in [9.17, 15) is 0 Å². The second-order valence-corrected chi connectivity index (χ2v) is 11.1. The van der Waals surface area contributed by atoms with Gasteiger partial charge in [0.05, 0.1) is 13.2 Å². The molecule has 9 nitrogen and oxygen atoms in total. The fourth-order valence-electron chi connectivity index (χ4n) is 2.10. The summed E-state index contributed by atoms with van der Waals surface area (Å²) in [5.41, 5.74) is 0. The van der Waals surface area contributed by atoms with Crippen LogP contribution in [0.3, 0.4) is 0 Å². The van der Waals surface area contributed by atoms with Gasteiger partial charge in [0, 0.05) is 60.4 Å². The molecule has 1 saturated heterocycles. The highest BCUT2D eigenvalue weighted by Gasteiger charge is 2.44. The molecule has 1 atom stereocenters. The van der Waals surface area contributed by atoms with Crippen molar-refractivity contribution < 1.29 is 40.5 Å². The third-order valence-corrected chi connectivity index (χ3v) is 8.56. The van der Waals surface area contributed by atoms with Gasteiger partial charge in [-0.15, -0.1) is 0 Å². The van der Waals surface area contributed by atoms with Crippen LogP contribution in [0.5, 0.6) is 0 Å². The van der Waals surface area contributed by atoms with Crippen LogP contribution in [0.25, 0.3) is 0 Å². The molecule has 176 valence electrons. The van der Waals surface area contributed by atoms with E-state index >= 15 is 0 Å². The monoisotopic (exact) mass is 458 g/mol. The van der Waals surface area contributed by atoms with E-state index in [4.69, 9.17) is 40.5 Å². The highest BCUT2D eigenvalue weighted by atomic mass is 28.4. The van der Waals surface area contributed by atoms with Crippen molar-refractivity contribution in [1.82, 2.24) is 0 Å². The molecule has 1 aliphatic heterocycles. The van der Waals surface area contributed by atoms with Gasteiger partial charge in [-0.05, 0) is 40.5 Å². The molecular formula is C18H42O9Si2. The standard InChI is InChI=1S/C10H22O5Si.C8H20O4Si/c1-11-16(3,12-2)15-7-5-4-6-13-8-10-9-14-10;1-5-9-13(10-6-2,11-7-3)12-8-4/h10H,4-9H2,1-3H3;5-8H2,1-4H3. The summed E-state index contributed by atoms with van der Waals surface area (Å²) in [6.45, 7) is 14.7. The molecule has 0 aromatic carbocycles. The fraction of sp³-hybridized carbons (Fsp3) is 1.00. The van der Waals surface area contributed by atoms with Gasteiger partial charge in [0.15, 0.2) is 0 Å². The van der Waals surface area contributed by atoms with Crippen molar-refractivity contribution in [2.75, 3.05) is 67.1 Å². The van der Waals surface area contributed by atoms with Crippen molar-refractivity contribution in [1.29, 1.82) is 0 Å². The fourth-order valence-corrected chi connectivity index (χ4v) is 4.93. The number of epoxide rings is 1. The topological polar surface area (TPSA) is 86.4 Å². The van der Waals surface area contributed by atoms with Crippen molar-refractivity contribution in [2.24, 2.45) is 0 Å². The van der Waals surface area contributed by atoms with Crippen LogP contribution in [0, 0.1) is 0 Å². The lowest BCUT2D eigenvalue weighted by atomic mass is 10.3. The first-order valence-corrected chi connectivity index (χ1v) is 14.3. The van der Waals surface area contributed by atoms with Crippen LogP contribution < -0.4 is 0 Å². The molecule has 0 amide bonds.